The highest BCUT2D eigenvalue weighted by atomic mass is 32.2. The third-order valence-electron chi connectivity index (χ3n) is 2.62. The lowest BCUT2D eigenvalue weighted by molar-refractivity contribution is -0.385. The molecule has 2 rings (SSSR count). The van der Waals surface area contributed by atoms with Crippen molar-refractivity contribution in [2.75, 3.05) is 0 Å². The first-order valence-corrected chi connectivity index (χ1v) is 6.25. The molecule has 7 nitrogen and oxygen atoms in total. The van der Waals surface area contributed by atoms with Crippen molar-refractivity contribution >= 4 is 17.4 Å². The average Bonchev–Trinajstić information content (AvgIpc) is 2.72. The van der Waals surface area contributed by atoms with Gasteiger partial charge in [0.05, 0.1) is 23.4 Å². The molecular weight excluding hydrogens is 268 g/mol. The molecule has 0 radical (unpaired) electrons. The maximum absolute atomic E-state index is 10.6. The summed E-state index contributed by atoms with van der Waals surface area (Å²) in [5, 5.41) is 21.1. The molecule has 0 spiro atoms. The van der Waals surface area contributed by atoms with Crippen LogP contribution >= 0.6 is 11.8 Å². The molecule has 0 unspecified atom stereocenters. The molecule has 2 aromatic heterocycles. The van der Waals surface area contributed by atoms with Gasteiger partial charge in [-0.2, -0.15) is 0 Å². The van der Waals surface area contributed by atoms with E-state index in [-0.39, 0.29) is 12.3 Å². The first-order valence-electron chi connectivity index (χ1n) is 5.43. The minimum Gasteiger partial charge on any atom is -0.390 e. The average molecular weight is 280 g/mol. The molecule has 2 heterocycles. The summed E-state index contributed by atoms with van der Waals surface area (Å²) in [5.74, 6) is 0. The SMILES string of the molecule is Cc1cc([N+](=O)[O-])cnc1Sc1ncc(CO)n1C. The summed E-state index contributed by atoms with van der Waals surface area (Å²) in [6.45, 7) is 1.68. The molecule has 0 fully saturated rings. The molecule has 0 aliphatic rings. The Morgan fingerprint density at radius 2 is 2.21 bits per heavy atom. The van der Waals surface area contributed by atoms with E-state index in [0.29, 0.717) is 21.4 Å². The molecule has 1 N–H and O–H groups in total. The van der Waals surface area contributed by atoms with Crippen LogP contribution in [0, 0.1) is 17.0 Å². The van der Waals surface area contributed by atoms with Crippen LogP contribution in [0.5, 0.6) is 0 Å². The van der Waals surface area contributed by atoms with Crippen molar-refractivity contribution < 1.29 is 10.0 Å². The first kappa shape index (κ1) is 13.5. The number of aliphatic hydroxyl groups is 1. The Bertz CT molecular complexity index is 626. The minimum atomic E-state index is -0.473. The second kappa shape index (κ2) is 5.37. The zero-order chi connectivity index (χ0) is 14.0. The van der Waals surface area contributed by atoms with E-state index in [9.17, 15) is 10.1 Å². The lowest BCUT2D eigenvalue weighted by Gasteiger charge is -2.05. The fraction of sp³-hybridized carbons (Fsp3) is 0.273. The summed E-state index contributed by atoms with van der Waals surface area (Å²) in [6, 6.07) is 1.48. The Hall–Kier alpha value is -1.93. The number of hydrogen-bond acceptors (Lipinski definition) is 6. The maximum atomic E-state index is 10.6. The van der Waals surface area contributed by atoms with Gasteiger partial charge in [-0.1, -0.05) is 0 Å². The zero-order valence-corrected chi connectivity index (χ0v) is 11.2. The number of rotatable bonds is 4. The van der Waals surface area contributed by atoms with Crippen molar-refractivity contribution in [2.45, 2.75) is 23.7 Å². The van der Waals surface area contributed by atoms with Gasteiger partial charge in [-0.15, -0.1) is 0 Å². The van der Waals surface area contributed by atoms with Crippen LogP contribution in [0.1, 0.15) is 11.3 Å². The maximum Gasteiger partial charge on any atom is 0.287 e. The van der Waals surface area contributed by atoms with Crippen molar-refractivity contribution in [3.05, 3.63) is 39.8 Å². The molecule has 19 heavy (non-hydrogen) atoms. The molecule has 0 aliphatic carbocycles. The highest BCUT2D eigenvalue weighted by Crippen LogP contribution is 2.29. The van der Waals surface area contributed by atoms with Crippen LogP contribution in [0.4, 0.5) is 5.69 Å². The van der Waals surface area contributed by atoms with E-state index in [0.717, 1.165) is 0 Å². The monoisotopic (exact) mass is 280 g/mol. The van der Waals surface area contributed by atoms with Gasteiger partial charge in [0.25, 0.3) is 5.69 Å². The van der Waals surface area contributed by atoms with Gasteiger partial charge < -0.3 is 9.67 Å². The normalized spacial score (nSPS) is 10.7. The molecule has 0 amide bonds. The van der Waals surface area contributed by atoms with Crippen LogP contribution < -0.4 is 0 Å². The number of imidazole rings is 1. The minimum absolute atomic E-state index is 0.0299. The van der Waals surface area contributed by atoms with Gasteiger partial charge in [-0.05, 0) is 24.2 Å². The summed E-state index contributed by atoms with van der Waals surface area (Å²) in [4.78, 5) is 18.4. The van der Waals surface area contributed by atoms with Gasteiger partial charge in [0, 0.05) is 13.1 Å². The summed E-state index contributed by atoms with van der Waals surface area (Å²) >= 11 is 1.30. The van der Waals surface area contributed by atoms with Gasteiger partial charge in [-0.25, -0.2) is 9.97 Å². The van der Waals surface area contributed by atoms with Crippen LogP contribution in [-0.2, 0) is 13.7 Å². The van der Waals surface area contributed by atoms with E-state index in [4.69, 9.17) is 5.11 Å². The highest BCUT2D eigenvalue weighted by molar-refractivity contribution is 7.99. The second-order valence-corrected chi connectivity index (χ2v) is 4.88. The van der Waals surface area contributed by atoms with E-state index < -0.39 is 4.92 Å². The van der Waals surface area contributed by atoms with Crippen LogP contribution in [0.3, 0.4) is 0 Å². The van der Waals surface area contributed by atoms with Gasteiger partial charge in [0.2, 0.25) is 0 Å². The molecule has 0 saturated carbocycles. The molecule has 0 aliphatic heterocycles. The Morgan fingerprint density at radius 1 is 1.47 bits per heavy atom. The fourth-order valence-electron chi connectivity index (χ4n) is 1.51. The summed E-state index contributed by atoms with van der Waals surface area (Å²) < 4.78 is 1.76. The standard InChI is InChI=1S/C11H12N4O3S/c1-7-3-8(15(17)18)4-12-10(7)19-11-13-5-9(6-16)14(11)2/h3-5,16H,6H2,1-2H3. The van der Waals surface area contributed by atoms with Gasteiger partial charge in [0.15, 0.2) is 5.16 Å². The number of aryl methyl sites for hydroxylation is 1. The van der Waals surface area contributed by atoms with Gasteiger partial charge in [-0.3, -0.25) is 10.1 Å². The van der Waals surface area contributed by atoms with E-state index in [2.05, 4.69) is 9.97 Å². The number of aliphatic hydroxyl groups excluding tert-OH is 1. The highest BCUT2D eigenvalue weighted by Gasteiger charge is 2.13. The Kier molecular flexibility index (Phi) is 3.82. The van der Waals surface area contributed by atoms with Gasteiger partial charge in [0.1, 0.15) is 11.2 Å². The molecule has 8 heteroatoms. The van der Waals surface area contributed by atoms with E-state index in [1.807, 2.05) is 0 Å². The second-order valence-electron chi connectivity index (χ2n) is 3.92. The Morgan fingerprint density at radius 3 is 2.74 bits per heavy atom. The lowest BCUT2D eigenvalue weighted by atomic mass is 10.3. The van der Waals surface area contributed by atoms with E-state index in [1.165, 1.54) is 24.0 Å². The molecule has 0 atom stereocenters. The largest absolute Gasteiger partial charge is 0.390 e. The number of hydrogen-bond donors (Lipinski definition) is 1. The lowest BCUT2D eigenvalue weighted by Crippen LogP contribution is -1.98. The predicted octanol–water partition coefficient (Wildman–Crippen LogP) is 1.68. The first-order chi connectivity index (χ1) is 9.02. The van der Waals surface area contributed by atoms with Crippen molar-refractivity contribution in [3.8, 4) is 0 Å². The molecule has 0 saturated heterocycles. The Balaban J connectivity index is 2.28. The summed E-state index contributed by atoms with van der Waals surface area (Å²) in [6.07, 6.45) is 2.81. The molecular formula is C11H12N4O3S. The smallest absolute Gasteiger partial charge is 0.287 e. The third kappa shape index (κ3) is 2.74. The number of pyridine rings is 1. The number of nitro groups is 1. The van der Waals surface area contributed by atoms with Crippen molar-refractivity contribution in [3.63, 3.8) is 0 Å². The molecule has 0 aromatic carbocycles. The molecule has 0 bridgehead atoms. The molecule has 2 aromatic rings. The van der Waals surface area contributed by atoms with Crippen LogP contribution in [0.15, 0.2) is 28.6 Å². The quantitative estimate of drug-likeness (QED) is 0.676. The van der Waals surface area contributed by atoms with Crippen molar-refractivity contribution in [2.24, 2.45) is 7.05 Å². The zero-order valence-electron chi connectivity index (χ0n) is 10.4. The third-order valence-corrected chi connectivity index (χ3v) is 3.80. The summed E-state index contributed by atoms with van der Waals surface area (Å²) in [7, 11) is 1.79. The van der Waals surface area contributed by atoms with E-state index >= 15 is 0 Å². The fourth-order valence-corrected chi connectivity index (χ4v) is 2.37. The molecule has 100 valence electrons. The Labute approximate surface area is 113 Å². The number of nitrogens with zero attached hydrogens (tertiary/aromatic N) is 4. The van der Waals surface area contributed by atoms with Crippen LogP contribution in [0.2, 0.25) is 0 Å². The number of aromatic nitrogens is 3. The van der Waals surface area contributed by atoms with Crippen LogP contribution in [0.25, 0.3) is 0 Å². The van der Waals surface area contributed by atoms with Crippen LogP contribution in [-0.4, -0.2) is 24.6 Å². The van der Waals surface area contributed by atoms with Gasteiger partial charge >= 0.3 is 0 Å². The summed E-state index contributed by atoms with van der Waals surface area (Å²) in [5.41, 5.74) is 1.38. The predicted molar refractivity (Wildman–Crippen MR) is 68.9 cm³/mol. The topological polar surface area (TPSA) is 94.1 Å². The van der Waals surface area contributed by atoms with Crippen molar-refractivity contribution in [1.82, 2.24) is 14.5 Å². The van der Waals surface area contributed by atoms with Crippen molar-refractivity contribution in [1.29, 1.82) is 0 Å². The van der Waals surface area contributed by atoms with E-state index in [1.54, 1.807) is 24.7 Å².